The Balaban J connectivity index is 2.32. The second-order valence-corrected chi connectivity index (χ2v) is 3.69. The third-order valence-electron chi connectivity index (χ3n) is 2.61. The van der Waals surface area contributed by atoms with Crippen LogP contribution in [0.3, 0.4) is 0 Å². The number of pyridine rings is 1. The van der Waals surface area contributed by atoms with E-state index in [9.17, 15) is 0 Å². The van der Waals surface area contributed by atoms with Gasteiger partial charge in [0.2, 0.25) is 0 Å². The first-order chi connectivity index (χ1) is 6.36. The molecule has 0 bridgehead atoms. The topological polar surface area (TPSA) is 30.7 Å². The maximum Gasteiger partial charge on any atom is 0.158 e. The van der Waals surface area contributed by atoms with Crippen molar-refractivity contribution in [1.29, 1.82) is 0 Å². The lowest BCUT2D eigenvalue weighted by atomic mass is 10.2. The summed E-state index contributed by atoms with van der Waals surface area (Å²) in [5.74, 6) is 0. The van der Waals surface area contributed by atoms with Crippen molar-refractivity contribution >= 4 is 11.0 Å². The Morgan fingerprint density at radius 3 is 3.08 bits per heavy atom. The molecule has 0 aliphatic heterocycles. The van der Waals surface area contributed by atoms with E-state index in [1.54, 1.807) is 0 Å². The summed E-state index contributed by atoms with van der Waals surface area (Å²) in [6.07, 6.45) is 6.30. The maximum atomic E-state index is 4.37. The zero-order chi connectivity index (χ0) is 8.84. The minimum Gasteiger partial charge on any atom is -0.244 e. The van der Waals surface area contributed by atoms with Crippen molar-refractivity contribution in [2.24, 2.45) is 0 Å². The van der Waals surface area contributed by atoms with Gasteiger partial charge < -0.3 is 0 Å². The Labute approximate surface area is 76.4 Å². The molecule has 3 rings (SSSR count). The molecule has 0 spiro atoms. The molecule has 3 nitrogen and oxygen atoms in total. The second kappa shape index (κ2) is 2.31. The van der Waals surface area contributed by atoms with E-state index in [-0.39, 0.29) is 0 Å². The van der Waals surface area contributed by atoms with E-state index in [0.717, 1.165) is 5.65 Å². The van der Waals surface area contributed by atoms with Crippen molar-refractivity contribution in [3.8, 4) is 0 Å². The summed E-state index contributed by atoms with van der Waals surface area (Å²) in [4.78, 5) is 4.36. The van der Waals surface area contributed by atoms with Gasteiger partial charge in [-0.15, -0.1) is 0 Å². The quantitative estimate of drug-likeness (QED) is 0.661. The molecular weight excluding hydrogens is 162 g/mol. The summed E-state index contributed by atoms with van der Waals surface area (Å²) >= 11 is 0. The van der Waals surface area contributed by atoms with Gasteiger partial charge in [-0.2, -0.15) is 5.10 Å². The van der Waals surface area contributed by atoms with Crippen molar-refractivity contribution in [2.75, 3.05) is 0 Å². The largest absolute Gasteiger partial charge is 0.244 e. The Hall–Kier alpha value is -1.38. The molecule has 2 heterocycles. The molecule has 1 aliphatic carbocycles. The van der Waals surface area contributed by atoms with E-state index in [1.165, 1.54) is 23.8 Å². The first kappa shape index (κ1) is 7.06. The van der Waals surface area contributed by atoms with Crippen LogP contribution in [0.5, 0.6) is 0 Å². The van der Waals surface area contributed by atoms with Crippen molar-refractivity contribution in [1.82, 2.24) is 14.8 Å². The highest BCUT2D eigenvalue weighted by atomic mass is 15.3. The Bertz CT molecular complexity index is 454. The summed E-state index contributed by atoms with van der Waals surface area (Å²) in [5.41, 5.74) is 2.31. The molecule has 3 heteroatoms. The van der Waals surface area contributed by atoms with Gasteiger partial charge in [-0.05, 0) is 31.4 Å². The lowest BCUT2D eigenvalue weighted by molar-refractivity contribution is 0.658. The molecule has 1 fully saturated rings. The van der Waals surface area contributed by atoms with Gasteiger partial charge >= 0.3 is 0 Å². The number of hydrogen-bond acceptors (Lipinski definition) is 2. The van der Waals surface area contributed by atoms with E-state index >= 15 is 0 Å². The second-order valence-electron chi connectivity index (χ2n) is 3.69. The van der Waals surface area contributed by atoms with Gasteiger partial charge in [-0.1, -0.05) is 0 Å². The predicted octanol–water partition coefficient (Wildman–Crippen LogP) is 2.07. The van der Waals surface area contributed by atoms with E-state index in [2.05, 4.69) is 21.7 Å². The van der Waals surface area contributed by atoms with Crippen molar-refractivity contribution in [2.45, 2.75) is 25.8 Å². The Morgan fingerprint density at radius 1 is 1.46 bits per heavy atom. The predicted molar refractivity (Wildman–Crippen MR) is 50.5 cm³/mol. The summed E-state index contributed by atoms with van der Waals surface area (Å²) < 4.78 is 2.06. The molecule has 0 aromatic carbocycles. The fourth-order valence-electron chi connectivity index (χ4n) is 1.66. The van der Waals surface area contributed by atoms with E-state index < -0.39 is 0 Å². The Kier molecular flexibility index (Phi) is 1.26. The van der Waals surface area contributed by atoms with E-state index in [1.807, 2.05) is 18.5 Å². The SMILES string of the molecule is Cc1ccnc2c1cnn2C1CC1. The van der Waals surface area contributed by atoms with Crippen LogP contribution in [0, 0.1) is 6.92 Å². The third kappa shape index (κ3) is 0.963. The van der Waals surface area contributed by atoms with Gasteiger partial charge in [0.1, 0.15) is 0 Å². The van der Waals surface area contributed by atoms with Crippen LogP contribution in [0.4, 0.5) is 0 Å². The third-order valence-corrected chi connectivity index (χ3v) is 2.61. The first-order valence-electron chi connectivity index (χ1n) is 4.65. The first-order valence-corrected chi connectivity index (χ1v) is 4.65. The molecule has 66 valence electrons. The highest BCUT2D eigenvalue weighted by Gasteiger charge is 2.26. The summed E-state index contributed by atoms with van der Waals surface area (Å²) in [6, 6.07) is 2.65. The number of rotatable bonds is 1. The molecule has 2 aromatic heterocycles. The van der Waals surface area contributed by atoms with Gasteiger partial charge in [0, 0.05) is 11.6 Å². The number of hydrogen-bond donors (Lipinski definition) is 0. The molecule has 1 aliphatic rings. The van der Waals surface area contributed by atoms with Gasteiger partial charge in [-0.3, -0.25) is 0 Å². The zero-order valence-electron chi connectivity index (χ0n) is 7.57. The number of aromatic nitrogens is 3. The van der Waals surface area contributed by atoms with Crippen LogP contribution in [0.1, 0.15) is 24.4 Å². The van der Waals surface area contributed by atoms with Gasteiger partial charge in [0.15, 0.2) is 5.65 Å². The van der Waals surface area contributed by atoms with Gasteiger partial charge in [0.25, 0.3) is 0 Å². The molecular formula is C10H11N3. The summed E-state index contributed by atoms with van der Waals surface area (Å²) in [7, 11) is 0. The lowest BCUT2D eigenvalue weighted by Gasteiger charge is -1.98. The van der Waals surface area contributed by atoms with E-state index in [0.29, 0.717) is 6.04 Å². The maximum absolute atomic E-state index is 4.37. The summed E-state index contributed by atoms with van der Waals surface area (Å²) in [5, 5.41) is 5.56. The molecule has 0 saturated heterocycles. The van der Waals surface area contributed by atoms with Crippen LogP contribution in [-0.4, -0.2) is 14.8 Å². The number of nitrogens with zero attached hydrogens (tertiary/aromatic N) is 3. The van der Waals surface area contributed by atoms with Gasteiger partial charge in [0.05, 0.1) is 12.2 Å². The van der Waals surface area contributed by atoms with Crippen molar-refractivity contribution in [3.05, 3.63) is 24.0 Å². The molecule has 2 aromatic rings. The minimum absolute atomic E-state index is 0.617. The Morgan fingerprint density at radius 2 is 2.31 bits per heavy atom. The van der Waals surface area contributed by atoms with Crippen molar-refractivity contribution in [3.63, 3.8) is 0 Å². The normalized spacial score (nSPS) is 16.7. The molecule has 13 heavy (non-hydrogen) atoms. The summed E-state index contributed by atoms with van der Waals surface area (Å²) in [6.45, 7) is 2.10. The average molecular weight is 173 g/mol. The highest BCUT2D eigenvalue weighted by molar-refractivity contribution is 5.78. The standard InChI is InChI=1S/C10H11N3/c1-7-4-5-11-10-9(7)6-12-13(10)8-2-3-8/h4-6,8H,2-3H2,1H3. The average Bonchev–Trinajstić information content (AvgIpc) is 2.87. The van der Waals surface area contributed by atoms with Crippen LogP contribution in [-0.2, 0) is 0 Å². The molecule has 1 saturated carbocycles. The number of aryl methyl sites for hydroxylation is 1. The highest BCUT2D eigenvalue weighted by Crippen LogP contribution is 2.36. The molecule has 0 unspecified atom stereocenters. The fraction of sp³-hybridized carbons (Fsp3) is 0.400. The molecule has 0 amide bonds. The number of fused-ring (bicyclic) bond motifs is 1. The molecule has 0 N–H and O–H groups in total. The fourth-order valence-corrected chi connectivity index (χ4v) is 1.66. The zero-order valence-corrected chi connectivity index (χ0v) is 7.57. The molecule has 0 radical (unpaired) electrons. The van der Waals surface area contributed by atoms with Gasteiger partial charge in [-0.25, -0.2) is 9.67 Å². The smallest absolute Gasteiger partial charge is 0.158 e. The minimum atomic E-state index is 0.617. The van der Waals surface area contributed by atoms with Crippen LogP contribution in [0.25, 0.3) is 11.0 Å². The monoisotopic (exact) mass is 173 g/mol. The van der Waals surface area contributed by atoms with Crippen LogP contribution < -0.4 is 0 Å². The van der Waals surface area contributed by atoms with Crippen LogP contribution in [0.2, 0.25) is 0 Å². The molecule has 0 atom stereocenters. The van der Waals surface area contributed by atoms with Crippen LogP contribution >= 0.6 is 0 Å². The lowest BCUT2D eigenvalue weighted by Crippen LogP contribution is -1.96. The van der Waals surface area contributed by atoms with Crippen molar-refractivity contribution < 1.29 is 0 Å². The van der Waals surface area contributed by atoms with Crippen LogP contribution in [0.15, 0.2) is 18.5 Å². The van der Waals surface area contributed by atoms with E-state index in [4.69, 9.17) is 0 Å².